The fraction of sp³-hybridized carbons (Fsp3) is 0.917. The summed E-state index contributed by atoms with van der Waals surface area (Å²) in [4.78, 5) is 13.5. The summed E-state index contributed by atoms with van der Waals surface area (Å²) in [5, 5.41) is 2.82. The number of amides is 1. The number of rotatable bonds is 10. The predicted molar refractivity (Wildman–Crippen MR) is 66.5 cm³/mol. The lowest BCUT2D eigenvalue weighted by Crippen LogP contribution is -2.31. The van der Waals surface area contributed by atoms with Crippen molar-refractivity contribution in [2.45, 2.75) is 33.6 Å². The molecule has 96 valence electrons. The van der Waals surface area contributed by atoms with Crippen molar-refractivity contribution in [2.24, 2.45) is 0 Å². The van der Waals surface area contributed by atoms with Crippen LogP contribution >= 0.6 is 0 Å². The minimum atomic E-state index is -0.00648. The van der Waals surface area contributed by atoms with Crippen molar-refractivity contribution < 1.29 is 9.53 Å². The third-order valence-corrected chi connectivity index (χ3v) is 2.53. The van der Waals surface area contributed by atoms with Crippen molar-refractivity contribution in [1.82, 2.24) is 10.2 Å². The smallest absolute Gasteiger partial charge is 0.245 e. The molecule has 0 aromatic rings. The maximum Gasteiger partial charge on any atom is 0.245 e. The standard InChI is InChI=1S/C12H26N2O2/c1-4-7-8-13-12(15)11-16-10-9-14(5-2)6-3/h4-11H2,1-3H3,(H,13,15). The molecule has 0 saturated heterocycles. The molecule has 0 fully saturated rings. The van der Waals surface area contributed by atoms with E-state index in [1.807, 2.05) is 0 Å². The fourth-order valence-electron chi connectivity index (χ4n) is 1.35. The van der Waals surface area contributed by atoms with Gasteiger partial charge in [0, 0.05) is 13.1 Å². The van der Waals surface area contributed by atoms with E-state index in [0.29, 0.717) is 6.61 Å². The third-order valence-electron chi connectivity index (χ3n) is 2.53. The number of unbranched alkanes of at least 4 members (excludes halogenated alkanes) is 1. The van der Waals surface area contributed by atoms with Crippen molar-refractivity contribution in [3.8, 4) is 0 Å². The molecule has 0 aliphatic carbocycles. The summed E-state index contributed by atoms with van der Waals surface area (Å²) in [5.41, 5.74) is 0. The first-order valence-electron chi connectivity index (χ1n) is 6.31. The topological polar surface area (TPSA) is 41.6 Å². The first-order valence-corrected chi connectivity index (χ1v) is 6.31. The summed E-state index contributed by atoms with van der Waals surface area (Å²) in [7, 11) is 0. The van der Waals surface area contributed by atoms with Crippen molar-refractivity contribution in [2.75, 3.05) is 39.4 Å². The van der Waals surface area contributed by atoms with Gasteiger partial charge in [-0.05, 0) is 19.5 Å². The first kappa shape index (κ1) is 15.4. The summed E-state index contributed by atoms with van der Waals surface area (Å²) in [6.07, 6.45) is 2.13. The Morgan fingerprint density at radius 3 is 2.50 bits per heavy atom. The van der Waals surface area contributed by atoms with E-state index in [-0.39, 0.29) is 12.5 Å². The van der Waals surface area contributed by atoms with Crippen LogP contribution < -0.4 is 5.32 Å². The zero-order valence-corrected chi connectivity index (χ0v) is 10.9. The molecule has 0 spiro atoms. The number of nitrogens with zero attached hydrogens (tertiary/aromatic N) is 1. The van der Waals surface area contributed by atoms with Crippen molar-refractivity contribution >= 4 is 5.91 Å². The monoisotopic (exact) mass is 230 g/mol. The van der Waals surface area contributed by atoms with E-state index >= 15 is 0 Å². The minimum absolute atomic E-state index is 0.00648. The Labute approximate surface area is 99.3 Å². The number of ether oxygens (including phenoxy) is 1. The van der Waals surface area contributed by atoms with Crippen molar-refractivity contribution in [3.05, 3.63) is 0 Å². The van der Waals surface area contributed by atoms with E-state index in [4.69, 9.17) is 4.74 Å². The Kier molecular flexibility index (Phi) is 10.5. The molecule has 0 aromatic heterocycles. The normalized spacial score (nSPS) is 10.8. The number of carbonyl (C=O) groups is 1. The molecule has 1 amide bonds. The van der Waals surface area contributed by atoms with E-state index in [9.17, 15) is 4.79 Å². The van der Waals surface area contributed by atoms with Crippen LogP contribution in [0.15, 0.2) is 0 Å². The molecule has 0 unspecified atom stereocenters. The van der Waals surface area contributed by atoms with Crippen LogP contribution in [0.4, 0.5) is 0 Å². The molecular formula is C12H26N2O2. The van der Waals surface area contributed by atoms with Crippen LogP contribution in [0, 0.1) is 0 Å². The minimum Gasteiger partial charge on any atom is -0.370 e. The Morgan fingerprint density at radius 2 is 1.94 bits per heavy atom. The van der Waals surface area contributed by atoms with E-state index in [0.717, 1.165) is 39.0 Å². The van der Waals surface area contributed by atoms with Crippen LogP contribution in [0.5, 0.6) is 0 Å². The maximum atomic E-state index is 11.3. The van der Waals surface area contributed by atoms with Crippen LogP contribution in [-0.2, 0) is 9.53 Å². The van der Waals surface area contributed by atoms with Gasteiger partial charge in [-0.15, -0.1) is 0 Å². The molecule has 0 bridgehead atoms. The fourth-order valence-corrected chi connectivity index (χ4v) is 1.35. The van der Waals surface area contributed by atoms with E-state index in [1.165, 1.54) is 0 Å². The number of hydrogen-bond donors (Lipinski definition) is 1. The molecule has 0 atom stereocenters. The van der Waals surface area contributed by atoms with Gasteiger partial charge >= 0.3 is 0 Å². The second kappa shape index (κ2) is 10.9. The highest BCUT2D eigenvalue weighted by atomic mass is 16.5. The number of likely N-dealkylation sites (N-methyl/N-ethyl adjacent to an activating group) is 1. The zero-order chi connectivity index (χ0) is 12.2. The van der Waals surface area contributed by atoms with Crippen molar-refractivity contribution in [3.63, 3.8) is 0 Å². The molecular weight excluding hydrogens is 204 g/mol. The van der Waals surface area contributed by atoms with Crippen LogP contribution in [0.1, 0.15) is 33.6 Å². The van der Waals surface area contributed by atoms with Crippen LogP contribution in [-0.4, -0.2) is 50.2 Å². The Balaban J connectivity index is 3.33. The highest BCUT2D eigenvalue weighted by molar-refractivity contribution is 5.77. The summed E-state index contributed by atoms with van der Waals surface area (Å²) < 4.78 is 5.31. The van der Waals surface area contributed by atoms with Gasteiger partial charge < -0.3 is 15.0 Å². The van der Waals surface area contributed by atoms with Gasteiger partial charge in [0.15, 0.2) is 0 Å². The number of hydrogen-bond acceptors (Lipinski definition) is 3. The molecule has 1 N–H and O–H groups in total. The molecule has 0 saturated carbocycles. The van der Waals surface area contributed by atoms with Gasteiger partial charge in [-0.25, -0.2) is 0 Å². The van der Waals surface area contributed by atoms with Gasteiger partial charge in [-0.3, -0.25) is 4.79 Å². The van der Waals surface area contributed by atoms with Gasteiger partial charge in [0.1, 0.15) is 6.61 Å². The lowest BCUT2D eigenvalue weighted by atomic mass is 10.3. The van der Waals surface area contributed by atoms with E-state index in [2.05, 4.69) is 31.0 Å². The van der Waals surface area contributed by atoms with Gasteiger partial charge in [0.2, 0.25) is 5.91 Å². The third kappa shape index (κ3) is 8.68. The predicted octanol–water partition coefficient (Wildman–Crippen LogP) is 1.26. The lowest BCUT2D eigenvalue weighted by Gasteiger charge is -2.17. The number of carbonyl (C=O) groups excluding carboxylic acids is 1. The molecule has 0 aromatic carbocycles. The summed E-state index contributed by atoms with van der Waals surface area (Å²) in [6.45, 7) is 10.9. The molecule has 16 heavy (non-hydrogen) atoms. The number of nitrogens with one attached hydrogen (secondary N) is 1. The highest BCUT2D eigenvalue weighted by Gasteiger charge is 2.01. The average Bonchev–Trinajstić information content (AvgIpc) is 2.30. The Hall–Kier alpha value is -0.610. The van der Waals surface area contributed by atoms with Gasteiger partial charge in [0.05, 0.1) is 6.61 Å². The van der Waals surface area contributed by atoms with Crippen LogP contribution in [0.2, 0.25) is 0 Å². The van der Waals surface area contributed by atoms with Gasteiger partial charge in [-0.2, -0.15) is 0 Å². The second-order valence-electron chi connectivity index (χ2n) is 3.78. The molecule has 0 aliphatic heterocycles. The van der Waals surface area contributed by atoms with Gasteiger partial charge in [-0.1, -0.05) is 27.2 Å². The average molecular weight is 230 g/mol. The first-order chi connectivity index (χ1) is 7.74. The molecule has 0 heterocycles. The van der Waals surface area contributed by atoms with Crippen LogP contribution in [0.3, 0.4) is 0 Å². The molecule has 0 rings (SSSR count). The summed E-state index contributed by atoms with van der Waals surface area (Å²) in [5.74, 6) is -0.00648. The van der Waals surface area contributed by atoms with E-state index < -0.39 is 0 Å². The summed E-state index contributed by atoms with van der Waals surface area (Å²) in [6, 6.07) is 0. The lowest BCUT2D eigenvalue weighted by molar-refractivity contribution is -0.125. The maximum absolute atomic E-state index is 11.3. The van der Waals surface area contributed by atoms with E-state index in [1.54, 1.807) is 0 Å². The second-order valence-corrected chi connectivity index (χ2v) is 3.78. The molecule has 0 aliphatic rings. The Bertz CT molecular complexity index is 170. The van der Waals surface area contributed by atoms with Gasteiger partial charge in [0.25, 0.3) is 0 Å². The quantitative estimate of drug-likeness (QED) is 0.575. The zero-order valence-electron chi connectivity index (χ0n) is 10.9. The Morgan fingerprint density at radius 1 is 1.25 bits per heavy atom. The van der Waals surface area contributed by atoms with Crippen molar-refractivity contribution in [1.29, 1.82) is 0 Å². The largest absolute Gasteiger partial charge is 0.370 e. The van der Waals surface area contributed by atoms with Crippen LogP contribution in [0.25, 0.3) is 0 Å². The summed E-state index contributed by atoms with van der Waals surface area (Å²) >= 11 is 0. The molecule has 0 radical (unpaired) electrons. The highest BCUT2D eigenvalue weighted by Crippen LogP contribution is 1.87. The SMILES string of the molecule is CCCCNC(=O)COCCN(CC)CC. The molecule has 4 nitrogen and oxygen atoms in total. The molecule has 4 heteroatoms.